The van der Waals surface area contributed by atoms with Gasteiger partial charge in [-0.15, -0.1) is 0 Å². The molecule has 2 atom stereocenters. The number of carboxylic acid groups (broad SMARTS) is 1. The van der Waals surface area contributed by atoms with Gasteiger partial charge in [-0.25, -0.2) is 0 Å². The predicted octanol–water partition coefficient (Wildman–Crippen LogP) is 17.5. The molecule has 0 amide bonds. The lowest BCUT2D eigenvalue weighted by atomic mass is 9.94. The standard InChI is InChI=1S/C26H52O2.C20H42O.C6H12O2/c1-4-7-10-12-14-15-17-20-22-25(21-19-16-13-11-8-5-2)24-28-26(27)23-18-9-6-3;1-3-5-7-9-11-12-14-16-18-20(19-21)17-15-13-10-8-6-4-2;1-2-3-4-5-6(7)8/h25H,4-24H2,1-3H3;20-21H,3-19H2,1-2H3;2-5H2,1H3,(H,7,8). The number of hydrogen-bond donors (Lipinski definition) is 2. The maximum Gasteiger partial charge on any atom is 0.305 e. The van der Waals surface area contributed by atoms with Crippen LogP contribution in [0.25, 0.3) is 0 Å². The van der Waals surface area contributed by atoms with Gasteiger partial charge >= 0.3 is 11.9 Å². The molecule has 0 bridgehead atoms. The molecule has 344 valence electrons. The average molecular weight is 811 g/mol. The number of hydrogen-bond acceptors (Lipinski definition) is 4. The zero-order chi connectivity index (χ0) is 42.7. The molecule has 0 fully saturated rings. The number of aliphatic carboxylic acids is 1. The van der Waals surface area contributed by atoms with Crippen molar-refractivity contribution in [3.8, 4) is 0 Å². The number of carbonyl (C=O) groups excluding carboxylic acids is 1. The van der Waals surface area contributed by atoms with Crippen LogP contribution in [-0.4, -0.2) is 35.4 Å². The Morgan fingerprint density at radius 1 is 0.368 bits per heavy atom. The number of ether oxygens (including phenoxy) is 1. The first-order valence-electron chi connectivity index (χ1n) is 25.8. The number of rotatable bonds is 43. The molecule has 0 aromatic carbocycles. The molecule has 0 aromatic rings. The number of aliphatic hydroxyl groups is 1. The van der Waals surface area contributed by atoms with Crippen molar-refractivity contribution in [1.82, 2.24) is 0 Å². The SMILES string of the molecule is CCCCCC(=O)O.CCCCCCCCCCC(CCCCCCCC)COC(=O)CCCCC.CCCCCCCCCCC(CO)CCCCCCCC. The van der Waals surface area contributed by atoms with E-state index in [0.717, 1.165) is 38.5 Å². The third-order valence-corrected chi connectivity index (χ3v) is 11.6. The molecular weight excluding hydrogens is 705 g/mol. The quantitative estimate of drug-likeness (QED) is 0.0473. The highest BCUT2D eigenvalue weighted by Gasteiger charge is 2.12. The Labute approximate surface area is 358 Å². The first-order chi connectivity index (χ1) is 27.9. The van der Waals surface area contributed by atoms with Crippen LogP contribution in [0.2, 0.25) is 0 Å². The second-order valence-electron chi connectivity index (χ2n) is 17.5. The summed E-state index contributed by atoms with van der Waals surface area (Å²) < 4.78 is 5.63. The molecule has 0 aromatic heterocycles. The van der Waals surface area contributed by atoms with Crippen molar-refractivity contribution in [3.63, 3.8) is 0 Å². The lowest BCUT2D eigenvalue weighted by Crippen LogP contribution is -2.14. The molecule has 0 saturated heterocycles. The fraction of sp³-hybridized carbons (Fsp3) is 0.962. The zero-order valence-electron chi connectivity index (χ0n) is 40.0. The minimum Gasteiger partial charge on any atom is -0.481 e. The predicted molar refractivity (Wildman–Crippen MR) is 251 cm³/mol. The molecule has 0 aliphatic carbocycles. The summed E-state index contributed by atoms with van der Waals surface area (Å²) >= 11 is 0. The minimum absolute atomic E-state index is 0.0253. The molecule has 57 heavy (non-hydrogen) atoms. The Hall–Kier alpha value is -1.10. The molecule has 5 nitrogen and oxygen atoms in total. The number of unbranched alkanes of at least 4 members (excludes halogenated alkanes) is 28. The molecule has 0 aliphatic rings. The van der Waals surface area contributed by atoms with Gasteiger partial charge < -0.3 is 14.9 Å². The van der Waals surface area contributed by atoms with Crippen LogP contribution >= 0.6 is 0 Å². The van der Waals surface area contributed by atoms with Crippen molar-refractivity contribution in [2.75, 3.05) is 13.2 Å². The van der Waals surface area contributed by atoms with Crippen LogP contribution in [0.1, 0.15) is 298 Å². The molecule has 5 heteroatoms. The van der Waals surface area contributed by atoms with E-state index in [2.05, 4.69) is 41.5 Å². The van der Waals surface area contributed by atoms with Crippen LogP contribution in [0.4, 0.5) is 0 Å². The third-order valence-electron chi connectivity index (χ3n) is 11.6. The summed E-state index contributed by atoms with van der Waals surface area (Å²) in [4.78, 5) is 21.8. The monoisotopic (exact) mass is 811 g/mol. The highest BCUT2D eigenvalue weighted by atomic mass is 16.5. The molecule has 2 unspecified atom stereocenters. The lowest BCUT2D eigenvalue weighted by molar-refractivity contribution is -0.145. The van der Waals surface area contributed by atoms with Gasteiger partial charge in [0, 0.05) is 19.4 Å². The first-order valence-corrected chi connectivity index (χ1v) is 25.8. The van der Waals surface area contributed by atoms with E-state index in [1.165, 1.54) is 205 Å². The van der Waals surface area contributed by atoms with Gasteiger partial charge in [0.25, 0.3) is 0 Å². The molecule has 0 aliphatic heterocycles. The third kappa shape index (κ3) is 57.0. The van der Waals surface area contributed by atoms with Gasteiger partial charge in [-0.1, -0.05) is 247 Å². The Bertz CT molecular complexity index is 740. The largest absolute Gasteiger partial charge is 0.481 e. The highest BCUT2D eigenvalue weighted by molar-refractivity contribution is 5.69. The van der Waals surface area contributed by atoms with E-state index in [-0.39, 0.29) is 5.97 Å². The van der Waals surface area contributed by atoms with E-state index in [1.807, 2.05) is 0 Å². The number of esters is 1. The van der Waals surface area contributed by atoms with Gasteiger partial charge in [0.2, 0.25) is 0 Å². The summed E-state index contributed by atoms with van der Waals surface area (Å²) in [5, 5.41) is 17.6. The van der Waals surface area contributed by atoms with Crippen LogP contribution in [0.3, 0.4) is 0 Å². The fourth-order valence-electron chi connectivity index (χ4n) is 7.53. The van der Waals surface area contributed by atoms with E-state index < -0.39 is 5.97 Å². The van der Waals surface area contributed by atoms with E-state index in [9.17, 15) is 14.7 Å². The average Bonchev–Trinajstić information content (AvgIpc) is 3.21. The Balaban J connectivity index is -0.000000880. The van der Waals surface area contributed by atoms with Crippen molar-refractivity contribution >= 4 is 11.9 Å². The Morgan fingerprint density at radius 2 is 0.632 bits per heavy atom. The van der Waals surface area contributed by atoms with E-state index >= 15 is 0 Å². The number of carbonyl (C=O) groups is 2. The van der Waals surface area contributed by atoms with Crippen molar-refractivity contribution < 1.29 is 24.5 Å². The van der Waals surface area contributed by atoms with Crippen molar-refractivity contribution in [1.29, 1.82) is 0 Å². The maximum atomic E-state index is 11.9. The number of aliphatic hydroxyl groups excluding tert-OH is 1. The van der Waals surface area contributed by atoms with Crippen molar-refractivity contribution in [2.45, 2.75) is 298 Å². The number of carboxylic acids is 1. The van der Waals surface area contributed by atoms with E-state index in [4.69, 9.17) is 9.84 Å². The van der Waals surface area contributed by atoms with Gasteiger partial charge in [-0.05, 0) is 50.4 Å². The van der Waals surface area contributed by atoms with Crippen molar-refractivity contribution in [2.24, 2.45) is 11.8 Å². The summed E-state index contributed by atoms with van der Waals surface area (Å²) in [5.74, 6) is 0.508. The molecule has 0 saturated carbocycles. The Morgan fingerprint density at radius 3 is 0.930 bits per heavy atom. The fourth-order valence-corrected chi connectivity index (χ4v) is 7.53. The summed E-state index contributed by atoms with van der Waals surface area (Å²) in [6, 6.07) is 0. The van der Waals surface area contributed by atoms with Crippen LogP contribution < -0.4 is 0 Å². The Kier molecular flexibility index (Phi) is 58.0. The van der Waals surface area contributed by atoms with E-state index in [0.29, 0.717) is 37.9 Å². The maximum absolute atomic E-state index is 11.9. The van der Waals surface area contributed by atoms with Gasteiger partial charge in [-0.3, -0.25) is 9.59 Å². The molecule has 0 spiro atoms. The summed E-state index contributed by atoms with van der Waals surface area (Å²) in [7, 11) is 0. The zero-order valence-corrected chi connectivity index (χ0v) is 40.0. The van der Waals surface area contributed by atoms with Crippen LogP contribution in [-0.2, 0) is 14.3 Å². The van der Waals surface area contributed by atoms with Gasteiger partial charge in [-0.2, -0.15) is 0 Å². The normalized spacial score (nSPS) is 12.0. The second kappa shape index (κ2) is 54.9. The van der Waals surface area contributed by atoms with E-state index in [1.54, 1.807) is 0 Å². The molecule has 0 radical (unpaired) electrons. The second-order valence-corrected chi connectivity index (χ2v) is 17.5. The smallest absolute Gasteiger partial charge is 0.305 e. The molecule has 2 N–H and O–H groups in total. The first kappa shape index (κ1) is 60.2. The summed E-state index contributed by atoms with van der Waals surface area (Å²) in [5.41, 5.74) is 0. The highest BCUT2D eigenvalue weighted by Crippen LogP contribution is 2.21. The molecular formula is C52H106O5. The van der Waals surface area contributed by atoms with Gasteiger partial charge in [0.15, 0.2) is 0 Å². The summed E-state index contributed by atoms with van der Waals surface area (Å²) in [6.45, 7) is 14.4. The van der Waals surface area contributed by atoms with Gasteiger partial charge in [0.05, 0.1) is 6.61 Å². The van der Waals surface area contributed by atoms with Gasteiger partial charge in [0.1, 0.15) is 0 Å². The van der Waals surface area contributed by atoms with Crippen LogP contribution in [0, 0.1) is 11.8 Å². The summed E-state index contributed by atoms with van der Waals surface area (Å²) in [6.07, 6.45) is 50.5. The minimum atomic E-state index is -0.682. The molecule has 0 rings (SSSR count). The lowest BCUT2D eigenvalue weighted by Gasteiger charge is -2.17. The van der Waals surface area contributed by atoms with Crippen LogP contribution in [0.15, 0.2) is 0 Å². The topological polar surface area (TPSA) is 83.8 Å². The van der Waals surface area contributed by atoms with Crippen LogP contribution in [0.5, 0.6) is 0 Å². The molecule has 0 heterocycles. The van der Waals surface area contributed by atoms with Crippen molar-refractivity contribution in [3.05, 3.63) is 0 Å².